The van der Waals surface area contributed by atoms with Gasteiger partial charge in [0, 0.05) is 39.5 Å². The van der Waals surface area contributed by atoms with Crippen LogP contribution < -0.4 is 20.6 Å². The van der Waals surface area contributed by atoms with Crippen LogP contribution in [0.1, 0.15) is 26.3 Å². The van der Waals surface area contributed by atoms with Crippen LogP contribution in [-0.4, -0.2) is 21.9 Å². The first-order valence-corrected chi connectivity index (χ1v) is 10.7. The fraction of sp³-hybridized carbons (Fsp3) is 0.0370. The molecule has 8 heteroatoms. The number of carbonyl (C=O) groups is 2. The lowest BCUT2D eigenvalue weighted by Crippen LogP contribution is -2.16. The molecule has 8 nitrogen and oxygen atoms in total. The first kappa shape index (κ1) is 21.8. The highest BCUT2D eigenvalue weighted by Crippen LogP contribution is 2.30. The molecule has 0 saturated heterocycles. The van der Waals surface area contributed by atoms with E-state index in [4.69, 9.17) is 9.47 Å². The van der Waals surface area contributed by atoms with Gasteiger partial charge in [0.05, 0.1) is 11.1 Å². The van der Waals surface area contributed by atoms with E-state index in [0.717, 1.165) is 0 Å². The van der Waals surface area contributed by atoms with Crippen LogP contribution in [0.25, 0.3) is 21.8 Å². The summed E-state index contributed by atoms with van der Waals surface area (Å²) < 4.78 is 11.1. The van der Waals surface area contributed by atoms with Crippen molar-refractivity contribution >= 4 is 33.7 Å². The van der Waals surface area contributed by atoms with Gasteiger partial charge in [-0.05, 0) is 31.2 Å². The van der Waals surface area contributed by atoms with Gasteiger partial charge in [-0.1, -0.05) is 42.5 Å². The molecular formula is C27H18N2O6. The van der Waals surface area contributed by atoms with E-state index < -0.39 is 23.1 Å². The average molecular weight is 466 g/mol. The summed E-state index contributed by atoms with van der Waals surface area (Å²) in [5.41, 5.74) is 0.785. The molecular weight excluding hydrogens is 448 g/mol. The van der Waals surface area contributed by atoms with E-state index in [9.17, 15) is 19.2 Å². The van der Waals surface area contributed by atoms with Gasteiger partial charge in [0.2, 0.25) is 11.1 Å². The summed E-state index contributed by atoms with van der Waals surface area (Å²) in [6.45, 7) is 1.64. The second-order valence-corrected chi connectivity index (χ2v) is 7.84. The van der Waals surface area contributed by atoms with E-state index in [2.05, 4.69) is 9.97 Å². The summed E-state index contributed by atoms with van der Waals surface area (Å²) in [4.78, 5) is 55.3. The number of H-pyrrole nitrogens is 2. The third kappa shape index (κ3) is 4.20. The maximum Gasteiger partial charge on any atom is 0.344 e. The van der Waals surface area contributed by atoms with E-state index in [0.29, 0.717) is 27.4 Å². The highest BCUT2D eigenvalue weighted by Gasteiger charge is 2.19. The van der Waals surface area contributed by atoms with Gasteiger partial charge < -0.3 is 19.4 Å². The van der Waals surface area contributed by atoms with Crippen molar-refractivity contribution in [2.24, 2.45) is 0 Å². The summed E-state index contributed by atoms with van der Waals surface area (Å²) in [6, 6.07) is 20.9. The predicted octanol–water partition coefficient (Wildman–Crippen LogP) is 4.12. The van der Waals surface area contributed by atoms with Gasteiger partial charge in [-0.15, -0.1) is 0 Å². The fourth-order valence-electron chi connectivity index (χ4n) is 3.87. The summed E-state index contributed by atoms with van der Waals surface area (Å²) in [5.74, 6) is -1.11. The van der Waals surface area contributed by atoms with E-state index in [-0.39, 0.29) is 22.6 Å². The quantitative estimate of drug-likeness (QED) is 0.304. The molecule has 5 aromatic rings. The van der Waals surface area contributed by atoms with Crippen molar-refractivity contribution < 1.29 is 19.1 Å². The minimum atomic E-state index is -0.723. The average Bonchev–Trinajstić information content (AvgIpc) is 2.85. The Morgan fingerprint density at radius 1 is 0.629 bits per heavy atom. The molecule has 0 spiro atoms. The standard InChI is InChI=1S/C27H18N2O6/c1-15-22(34-26(32)18-13-24(30)28-20-9-4-2-7-16(18)20)11-6-12-23(15)35-27(33)19-14-25(31)29-21-10-5-3-8-17(19)21/h2-14H,1H3,(H,28,30)(H,29,31). The molecule has 0 amide bonds. The molecule has 0 radical (unpaired) electrons. The largest absolute Gasteiger partial charge is 0.422 e. The molecule has 2 heterocycles. The van der Waals surface area contributed by atoms with Crippen LogP contribution in [0.3, 0.4) is 0 Å². The van der Waals surface area contributed by atoms with Crippen LogP contribution >= 0.6 is 0 Å². The number of aromatic nitrogens is 2. The highest BCUT2D eigenvalue weighted by molar-refractivity contribution is 6.05. The molecule has 0 fully saturated rings. The minimum absolute atomic E-state index is 0.112. The number of fused-ring (bicyclic) bond motifs is 2. The van der Waals surface area contributed by atoms with Crippen molar-refractivity contribution in [2.75, 3.05) is 0 Å². The summed E-state index contributed by atoms with van der Waals surface area (Å²) in [7, 11) is 0. The lowest BCUT2D eigenvalue weighted by molar-refractivity contribution is 0.0732. The van der Waals surface area contributed by atoms with Crippen molar-refractivity contribution in [1.82, 2.24) is 9.97 Å². The van der Waals surface area contributed by atoms with E-state index in [1.165, 1.54) is 12.1 Å². The van der Waals surface area contributed by atoms with Gasteiger partial charge in [0.1, 0.15) is 11.5 Å². The molecule has 0 aliphatic carbocycles. The molecule has 2 N–H and O–H groups in total. The molecule has 35 heavy (non-hydrogen) atoms. The Balaban J connectivity index is 1.46. The van der Waals surface area contributed by atoms with Crippen molar-refractivity contribution in [3.63, 3.8) is 0 Å². The van der Waals surface area contributed by atoms with Crippen LogP contribution in [0.15, 0.2) is 88.5 Å². The zero-order valence-electron chi connectivity index (χ0n) is 18.5. The van der Waals surface area contributed by atoms with Crippen molar-refractivity contribution in [3.8, 4) is 11.5 Å². The third-order valence-corrected chi connectivity index (χ3v) is 5.58. The van der Waals surface area contributed by atoms with Crippen molar-refractivity contribution in [1.29, 1.82) is 0 Å². The molecule has 172 valence electrons. The van der Waals surface area contributed by atoms with Gasteiger partial charge in [-0.25, -0.2) is 9.59 Å². The van der Waals surface area contributed by atoms with Gasteiger partial charge >= 0.3 is 11.9 Å². The van der Waals surface area contributed by atoms with Crippen molar-refractivity contribution in [2.45, 2.75) is 6.92 Å². The molecule has 0 aliphatic rings. The van der Waals surface area contributed by atoms with E-state index in [1.807, 2.05) is 0 Å². The summed E-state index contributed by atoms with van der Waals surface area (Å²) >= 11 is 0. The second-order valence-electron chi connectivity index (χ2n) is 7.84. The number of ether oxygens (including phenoxy) is 2. The number of pyridine rings is 2. The smallest absolute Gasteiger partial charge is 0.344 e. The van der Waals surface area contributed by atoms with Crippen molar-refractivity contribution in [3.05, 3.63) is 116 Å². The molecule has 0 bridgehead atoms. The van der Waals surface area contributed by atoms with Crippen LogP contribution in [-0.2, 0) is 0 Å². The number of hydrogen-bond donors (Lipinski definition) is 2. The minimum Gasteiger partial charge on any atom is -0.422 e. The number of esters is 2. The van der Waals surface area contributed by atoms with Gasteiger partial charge in [-0.3, -0.25) is 9.59 Å². The molecule has 0 atom stereocenters. The van der Waals surface area contributed by atoms with Gasteiger partial charge in [0.25, 0.3) is 0 Å². The number of hydrogen-bond acceptors (Lipinski definition) is 6. The zero-order chi connectivity index (χ0) is 24.5. The number of para-hydroxylation sites is 2. The summed E-state index contributed by atoms with van der Waals surface area (Å²) in [5, 5.41) is 1.08. The maximum atomic E-state index is 13.0. The molecule has 0 aliphatic heterocycles. The lowest BCUT2D eigenvalue weighted by Gasteiger charge is -2.13. The van der Waals surface area contributed by atoms with Crippen LogP contribution in [0.2, 0.25) is 0 Å². The Morgan fingerprint density at radius 3 is 1.51 bits per heavy atom. The Labute approximate surface area is 197 Å². The fourth-order valence-corrected chi connectivity index (χ4v) is 3.87. The Morgan fingerprint density at radius 2 is 1.06 bits per heavy atom. The number of benzene rings is 3. The molecule has 0 saturated carbocycles. The first-order chi connectivity index (χ1) is 16.9. The molecule has 3 aromatic carbocycles. The summed E-state index contributed by atoms with van der Waals surface area (Å²) in [6.07, 6.45) is 0. The SMILES string of the molecule is Cc1c(OC(=O)c2cc(=O)[nH]c3ccccc23)cccc1OC(=O)c1cc(=O)[nH]c2ccccc12. The number of nitrogens with one attached hydrogen (secondary N) is 2. The number of rotatable bonds is 4. The van der Waals surface area contributed by atoms with E-state index >= 15 is 0 Å². The highest BCUT2D eigenvalue weighted by atomic mass is 16.5. The maximum absolute atomic E-state index is 13.0. The third-order valence-electron chi connectivity index (χ3n) is 5.58. The monoisotopic (exact) mass is 466 g/mol. The normalized spacial score (nSPS) is 10.9. The first-order valence-electron chi connectivity index (χ1n) is 10.7. The van der Waals surface area contributed by atoms with Crippen LogP contribution in [0.4, 0.5) is 0 Å². The molecule has 2 aromatic heterocycles. The van der Waals surface area contributed by atoms with E-state index in [1.54, 1.807) is 73.7 Å². The topological polar surface area (TPSA) is 118 Å². The number of aromatic amines is 2. The lowest BCUT2D eigenvalue weighted by atomic mass is 10.1. The van der Waals surface area contributed by atoms with Gasteiger partial charge in [0.15, 0.2) is 0 Å². The predicted molar refractivity (Wildman–Crippen MR) is 130 cm³/mol. The number of carbonyl (C=O) groups excluding carboxylic acids is 2. The Hall–Kier alpha value is -4.98. The van der Waals surface area contributed by atoms with Crippen LogP contribution in [0.5, 0.6) is 11.5 Å². The Kier molecular flexibility index (Phi) is 5.46. The van der Waals surface area contributed by atoms with Crippen LogP contribution in [0, 0.1) is 6.92 Å². The molecule has 5 rings (SSSR count). The molecule has 0 unspecified atom stereocenters. The second kappa shape index (κ2) is 8.75. The Bertz CT molecular complexity index is 1620. The zero-order valence-corrected chi connectivity index (χ0v) is 18.5. The van der Waals surface area contributed by atoms with Gasteiger partial charge in [-0.2, -0.15) is 0 Å².